The molecule has 2 aromatic heterocycles. The van der Waals surface area contributed by atoms with E-state index in [-0.39, 0.29) is 0 Å². The number of hydrogen-bond donors (Lipinski definition) is 1. The summed E-state index contributed by atoms with van der Waals surface area (Å²) in [5.41, 5.74) is 2.88. The minimum absolute atomic E-state index is 0.761. The summed E-state index contributed by atoms with van der Waals surface area (Å²) in [4.78, 5) is 12.8. The van der Waals surface area contributed by atoms with Crippen molar-refractivity contribution in [2.75, 3.05) is 42.3 Å². The monoisotopic (exact) mass is 389 g/mol. The number of benzene rings is 1. The van der Waals surface area contributed by atoms with Crippen LogP contribution in [0.5, 0.6) is 0 Å². The van der Waals surface area contributed by atoms with Crippen LogP contribution in [0.2, 0.25) is 0 Å². The maximum absolute atomic E-state index is 4.46. The summed E-state index contributed by atoms with van der Waals surface area (Å²) in [5, 5.41) is 12.2. The fourth-order valence-corrected chi connectivity index (χ4v) is 3.42. The number of rotatable bonds is 5. The first kappa shape index (κ1) is 19.1. The van der Waals surface area contributed by atoms with Crippen molar-refractivity contribution in [1.82, 2.24) is 20.2 Å². The lowest BCUT2D eigenvalue weighted by atomic mass is 9.99. The van der Waals surface area contributed by atoms with Gasteiger partial charge in [-0.1, -0.05) is 19.1 Å². The zero-order chi connectivity index (χ0) is 20.2. The molecule has 0 unspecified atom stereocenters. The summed E-state index contributed by atoms with van der Waals surface area (Å²) in [5.74, 6) is 3.40. The predicted octanol–water partition coefficient (Wildman–Crippen LogP) is 3.98. The molecule has 1 aromatic carbocycles. The van der Waals surface area contributed by atoms with Crippen LogP contribution < -0.4 is 15.1 Å². The molecular weight excluding hydrogens is 362 g/mol. The zero-order valence-corrected chi connectivity index (χ0v) is 17.2. The standard InChI is InChI=1S/C22H27N7/c1-16-10-12-29(13-11-16)21-9-8-19(26-27-21)17-4-6-18(7-5-17)25-20-14-22(28(2)3)24-15-23-20/h4-9,14-16H,10-13H2,1-3H3,(H,23,24,25). The van der Waals surface area contributed by atoms with Crippen LogP contribution >= 0.6 is 0 Å². The fraction of sp³-hybridized carbons (Fsp3) is 0.364. The maximum Gasteiger partial charge on any atom is 0.151 e. The van der Waals surface area contributed by atoms with E-state index in [0.717, 1.165) is 53.4 Å². The lowest BCUT2D eigenvalue weighted by Gasteiger charge is -2.30. The molecule has 0 saturated carbocycles. The third kappa shape index (κ3) is 4.62. The lowest BCUT2D eigenvalue weighted by Crippen LogP contribution is -2.33. The van der Waals surface area contributed by atoms with Gasteiger partial charge in [0.2, 0.25) is 0 Å². The smallest absolute Gasteiger partial charge is 0.151 e. The van der Waals surface area contributed by atoms with Gasteiger partial charge in [0.05, 0.1) is 5.69 Å². The molecule has 150 valence electrons. The second kappa shape index (κ2) is 8.43. The van der Waals surface area contributed by atoms with Crippen molar-refractivity contribution in [2.45, 2.75) is 19.8 Å². The minimum atomic E-state index is 0.761. The molecule has 0 bridgehead atoms. The van der Waals surface area contributed by atoms with Crippen LogP contribution in [-0.4, -0.2) is 47.4 Å². The van der Waals surface area contributed by atoms with E-state index in [1.807, 2.05) is 49.3 Å². The minimum Gasteiger partial charge on any atom is -0.363 e. The van der Waals surface area contributed by atoms with Gasteiger partial charge < -0.3 is 15.1 Å². The molecule has 0 amide bonds. The molecule has 1 N–H and O–H groups in total. The Hall–Kier alpha value is -3.22. The summed E-state index contributed by atoms with van der Waals surface area (Å²) >= 11 is 0. The van der Waals surface area contributed by atoms with Crippen molar-refractivity contribution < 1.29 is 0 Å². The highest BCUT2D eigenvalue weighted by atomic mass is 15.3. The Balaban J connectivity index is 1.43. The van der Waals surface area contributed by atoms with E-state index < -0.39 is 0 Å². The molecule has 1 saturated heterocycles. The van der Waals surface area contributed by atoms with Gasteiger partial charge in [-0.25, -0.2) is 9.97 Å². The molecule has 1 aliphatic heterocycles. The van der Waals surface area contributed by atoms with Crippen molar-refractivity contribution in [3.63, 3.8) is 0 Å². The third-order valence-corrected chi connectivity index (χ3v) is 5.32. The van der Waals surface area contributed by atoms with Crippen LogP contribution in [0.25, 0.3) is 11.3 Å². The summed E-state index contributed by atoms with van der Waals surface area (Å²) < 4.78 is 0. The highest BCUT2D eigenvalue weighted by Gasteiger charge is 2.17. The predicted molar refractivity (Wildman–Crippen MR) is 118 cm³/mol. The normalized spacial score (nSPS) is 14.7. The number of aromatic nitrogens is 4. The van der Waals surface area contributed by atoms with E-state index in [1.54, 1.807) is 6.33 Å². The highest BCUT2D eigenvalue weighted by molar-refractivity contribution is 5.66. The number of nitrogens with zero attached hydrogens (tertiary/aromatic N) is 6. The first-order chi connectivity index (χ1) is 14.1. The van der Waals surface area contributed by atoms with Gasteiger partial charge >= 0.3 is 0 Å². The molecular formula is C22H27N7. The van der Waals surface area contributed by atoms with Gasteiger partial charge in [0.15, 0.2) is 5.82 Å². The van der Waals surface area contributed by atoms with Gasteiger partial charge in [0.1, 0.15) is 18.0 Å². The molecule has 7 heteroatoms. The molecule has 29 heavy (non-hydrogen) atoms. The molecule has 0 radical (unpaired) electrons. The van der Waals surface area contributed by atoms with E-state index in [0.29, 0.717) is 0 Å². The second-order valence-electron chi connectivity index (χ2n) is 7.80. The van der Waals surface area contributed by atoms with Crippen molar-refractivity contribution in [1.29, 1.82) is 0 Å². The molecule has 7 nitrogen and oxygen atoms in total. The van der Waals surface area contributed by atoms with Gasteiger partial charge in [0, 0.05) is 44.5 Å². The number of piperidine rings is 1. The Kier molecular flexibility index (Phi) is 5.55. The first-order valence-electron chi connectivity index (χ1n) is 10.0. The molecule has 0 aliphatic carbocycles. The van der Waals surface area contributed by atoms with Crippen LogP contribution in [0.3, 0.4) is 0 Å². The molecule has 1 fully saturated rings. The molecule has 0 spiro atoms. The van der Waals surface area contributed by atoms with Gasteiger partial charge in [-0.2, -0.15) is 0 Å². The SMILES string of the molecule is CC1CCN(c2ccc(-c3ccc(Nc4cc(N(C)C)ncn4)cc3)nn2)CC1. The van der Waals surface area contributed by atoms with Crippen molar-refractivity contribution >= 4 is 23.1 Å². The quantitative estimate of drug-likeness (QED) is 0.708. The molecule has 0 atom stereocenters. The Morgan fingerprint density at radius 3 is 2.38 bits per heavy atom. The average molecular weight is 390 g/mol. The maximum atomic E-state index is 4.46. The number of nitrogens with one attached hydrogen (secondary N) is 1. The van der Waals surface area contributed by atoms with Crippen LogP contribution in [0.1, 0.15) is 19.8 Å². The van der Waals surface area contributed by atoms with E-state index in [1.165, 1.54) is 12.8 Å². The Morgan fingerprint density at radius 2 is 1.72 bits per heavy atom. The summed E-state index contributed by atoms with van der Waals surface area (Å²) in [6.07, 6.45) is 4.01. The summed E-state index contributed by atoms with van der Waals surface area (Å²) in [6.45, 7) is 4.44. The van der Waals surface area contributed by atoms with E-state index in [4.69, 9.17) is 0 Å². The Bertz CT molecular complexity index is 930. The highest BCUT2D eigenvalue weighted by Crippen LogP contribution is 2.25. The van der Waals surface area contributed by atoms with Gasteiger partial charge in [-0.15, -0.1) is 10.2 Å². The van der Waals surface area contributed by atoms with E-state index in [2.05, 4.69) is 49.4 Å². The van der Waals surface area contributed by atoms with Crippen LogP contribution in [0, 0.1) is 5.92 Å². The largest absolute Gasteiger partial charge is 0.363 e. The van der Waals surface area contributed by atoms with Crippen molar-refractivity contribution in [3.05, 3.63) is 48.8 Å². The topological polar surface area (TPSA) is 70.1 Å². The van der Waals surface area contributed by atoms with Gasteiger partial charge in [-0.3, -0.25) is 0 Å². The van der Waals surface area contributed by atoms with Crippen molar-refractivity contribution in [2.24, 2.45) is 5.92 Å². The van der Waals surface area contributed by atoms with Crippen LogP contribution in [0.15, 0.2) is 48.8 Å². The number of hydrogen-bond acceptors (Lipinski definition) is 7. The lowest BCUT2D eigenvalue weighted by molar-refractivity contribution is 0.436. The zero-order valence-electron chi connectivity index (χ0n) is 17.2. The summed E-state index contributed by atoms with van der Waals surface area (Å²) in [6, 6.07) is 14.2. The van der Waals surface area contributed by atoms with Crippen LogP contribution in [0.4, 0.5) is 23.1 Å². The first-order valence-corrected chi connectivity index (χ1v) is 10.0. The van der Waals surface area contributed by atoms with E-state index >= 15 is 0 Å². The molecule has 1 aliphatic rings. The van der Waals surface area contributed by atoms with Gasteiger partial charge in [-0.05, 0) is 43.0 Å². The van der Waals surface area contributed by atoms with Crippen LogP contribution in [-0.2, 0) is 0 Å². The molecule has 4 rings (SSSR count). The Morgan fingerprint density at radius 1 is 0.966 bits per heavy atom. The van der Waals surface area contributed by atoms with Gasteiger partial charge in [0.25, 0.3) is 0 Å². The van der Waals surface area contributed by atoms with Crippen molar-refractivity contribution in [3.8, 4) is 11.3 Å². The second-order valence-corrected chi connectivity index (χ2v) is 7.80. The van der Waals surface area contributed by atoms with E-state index in [9.17, 15) is 0 Å². The molecule has 3 heterocycles. The Labute approximate surface area is 171 Å². The number of anilines is 4. The summed E-state index contributed by atoms with van der Waals surface area (Å²) in [7, 11) is 3.91. The molecule has 3 aromatic rings. The fourth-order valence-electron chi connectivity index (χ4n) is 3.42. The third-order valence-electron chi connectivity index (χ3n) is 5.32. The average Bonchev–Trinajstić information content (AvgIpc) is 2.75.